The highest BCUT2D eigenvalue weighted by Gasteiger charge is 2.32. The molecule has 0 saturated carbocycles. The summed E-state index contributed by atoms with van der Waals surface area (Å²) in [4.78, 5) is 58.8. The summed E-state index contributed by atoms with van der Waals surface area (Å²) in [6, 6.07) is 7.69. The van der Waals surface area contributed by atoms with Crippen LogP contribution in [0.4, 0.5) is 0 Å². The SMILES string of the molecule is CCC(C)C(NC(=O)C(Cc1cnc[nH]1)NC(=O)C(Cc1ccc(O)cc1)NC(=O)C(N)Cc1ccc(O)cc1)C(=O)O. The molecule has 13 nitrogen and oxygen atoms in total. The van der Waals surface area contributed by atoms with Gasteiger partial charge in [-0.05, 0) is 47.7 Å². The van der Waals surface area contributed by atoms with Crippen molar-refractivity contribution in [1.29, 1.82) is 0 Å². The third-order valence-electron chi connectivity index (χ3n) is 7.13. The third kappa shape index (κ3) is 9.85. The zero-order chi connectivity index (χ0) is 31.5. The molecule has 43 heavy (non-hydrogen) atoms. The molecular formula is C30H38N6O7. The number of carbonyl (C=O) groups is 4. The van der Waals surface area contributed by atoms with Gasteiger partial charge in [0.2, 0.25) is 17.7 Å². The smallest absolute Gasteiger partial charge is 0.326 e. The summed E-state index contributed by atoms with van der Waals surface area (Å²) in [5, 5.41) is 36.7. The molecular weight excluding hydrogens is 556 g/mol. The van der Waals surface area contributed by atoms with E-state index in [1.807, 2.05) is 0 Å². The number of hydrogen-bond acceptors (Lipinski definition) is 8. The molecule has 0 aliphatic rings. The summed E-state index contributed by atoms with van der Waals surface area (Å²) in [5.41, 5.74) is 7.98. The van der Waals surface area contributed by atoms with Crippen molar-refractivity contribution in [2.45, 2.75) is 63.7 Å². The monoisotopic (exact) mass is 594 g/mol. The van der Waals surface area contributed by atoms with E-state index in [1.165, 1.54) is 36.8 Å². The number of nitrogens with zero attached hydrogens (tertiary/aromatic N) is 1. The van der Waals surface area contributed by atoms with E-state index in [0.29, 0.717) is 23.2 Å². The number of aromatic hydroxyl groups is 2. The zero-order valence-electron chi connectivity index (χ0n) is 24.0. The van der Waals surface area contributed by atoms with Crippen molar-refractivity contribution in [2.24, 2.45) is 11.7 Å². The van der Waals surface area contributed by atoms with Crippen LogP contribution in [0.15, 0.2) is 61.1 Å². The van der Waals surface area contributed by atoms with Crippen LogP contribution in [0.1, 0.15) is 37.1 Å². The second kappa shape index (κ2) is 15.4. The van der Waals surface area contributed by atoms with Crippen LogP contribution in [0.25, 0.3) is 0 Å². The van der Waals surface area contributed by atoms with E-state index >= 15 is 0 Å². The lowest BCUT2D eigenvalue weighted by Crippen LogP contribution is -2.58. The first kappa shape index (κ1) is 32.6. The van der Waals surface area contributed by atoms with Gasteiger partial charge in [0, 0.05) is 24.7 Å². The first-order valence-corrected chi connectivity index (χ1v) is 13.9. The van der Waals surface area contributed by atoms with Crippen molar-refractivity contribution in [3.8, 4) is 11.5 Å². The number of H-pyrrole nitrogens is 1. The highest BCUT2D eigenvalue weighted by atomic mass is 16.4. The molecule has 0 aliphatic carbocycles. The molecule has 0 fully saturated rings. The fraction of sp³-hybridized carbons (Fsp3) is 0.367. The number of nitrogens with two attached hydrogens (primary N) is 1. The number of aliphatic carboxylic acids is 1. The molecule has 230 valence electrons. The Kier molecular flexibility index (Phi) is 11.6. The largest absolute Gasteiger partial charge is 0.508 e. The quantitative estimate of drug-likeness (QED) is 0.124. The average molecular weight is 595 g/mol. The highest BCUT2D eigenvalue weighted by Crippen LogP contribution is 2.14. The number of carbonyl (C=O) groups excluding carboxylic acids is 3. The van der Waals surface area contributed by atoms with Crippen molar-refractivity contribution in [1.82, 2.24) is 25.9 Å². The van der Waals surface area contributed by atoms with Gasteiger partial charge in [0.25, 0.3) is 0 Å². The maximum absolute atomic E-state index is 13.7. The Morgan fingerprint density at radius 3 is 1.84 bits per heavy atom. The van der Waals surface area contributed by atoms with Crippen LogP contribution < -0.4 is 21.7 Å². The van der Waals surface area contributed by atoms with Gasteiger partial charge < -0.3 is 42.0 Å². The van der Waals surface area contributed by atoms with Crippen molar-refractivity contribution >= 4 is 23.7 Å². The minimum Gasteiger partial charge on any atom is -0.508 e. The van der Waals surface area contributed by atoms with Gasteiger partial charge in [-0.3, -0.25) is 14.4 Å². The number of phenolic OH excluding ortho intramolecular Hbond substituents is 2. The standard InChI is InChI=1S/C30H38N6O7/c1-3-17(2)26(30(42)43)36-29(41)25(14-20-15-32-16-33-20)35-28(40)24(13-19-6-10-22(38)11-7-19)34-27(39)23(31)12-18-4-8-21(37)9-5-18/h4-11,15-17,23-26,37-38H,3,12-14,31H2,1-2H3,(H,32,33)(H,34,39)(H,35,40)(H,36,41)(H,42,43). The second-order valence-corrected chi connectivity index (χ2v) is 10.5. The molecule has 0 aliphatic heterocycles. The number of carboxylic acids is 1. The number of nitrogens with one attached hydrogen (secondary N) is 4. The van der Waals surface area contributed by atoms with Gasteiger partial charge in [0.05, 0.1) is 12.4 Å². The highest BCUT2D eigenvalue weighted by molar-refractivity contribution is 5.94. The van der Waals surface area contributed by atoms with Crippen molar-refractivity contribution in [2.75, 3.05) is 0 Å². The Bertz CT molecular complexity index is 1360. The Morgan fingerprint density at radius 1 is 0.814 bits per heavy atom. The number of rotatable bonds is 15. The lowest BCUT2D eigenvalue weighted by atomic mass is 9.98. The van der Waals surface area contributed by atoms with Crippen LogP contribution in [0.3, 0.4) is 0 Å². The van der Waals surface area contributed by atoms with Gasteiger partial charge >= 0.3 is 5.97 Å². The molecule has 0 spiro atoms. The number of carboxylic acid groups (broad SMARTS) is 1. The van der Waals surface area contributed by atoms with Crippen molar-refractivity contribution < 1.29 is 34.5 Å². The topological polar surface area (TPSA) is 220 Å². The maximum Gasteiger partial charge on any atom is 0.326 e. The molecule has 13 heteroatoms. The lowest BCUT2D eigenvalue weighted by molar-refractivity contribution is -0.143. The predicted molar refractivity (Wildman–Crippen MR) is 157 cm³/mol. The van der Waals surface area contributed by atoms with E-state index in [0.717, 1.165) is 0 Å². The van der Waals surface area contributed by atoms with E-state index in [1.54, 1.807) is 38.1 Å². The van der Waals surface area contributed by atoms with Crippen LogP contribution in [0.2, 0.25) is 0 Å². The van der Waals surface area contributed by atoms with Crippen molar-refractivity contribution in [3.63, 3.8) is 0 Å². The summed E-state index contributed by atoms with van der Waals surface area (Å²) < 4.78 is 0. The number of benzene rings is 2. The van der Waals surface area contributed by atoms with Crippen LogP contribution in [-0.2, 0) is 38.4 Å². The molecule has 2 aromatic carbocycles. The first-order chi connectivity index (χ1) is 20.5. The number of imidazole rings is 1. The molecule has 3 aromatic rings. The molecule has 1 heterocycles. The molecule has 0 radical (unpaired) electrons. The zero-order valence-corrected chi connectivity index (χ0v) is 24.0. The third-order valence-corrected chi connectivity index (χ3v) is 7.13. The van der Waals surface area contributed by atoms with E-state index < -0.39 is 47.9 Å². The maximum atomic E-state index is 13.7. The van der Waals surface area contributed by atoms with E-state index in [4.69, 9.17) is 5.73 Å². The Labute approximate surface area is 248 Å². The summed E-state index contributed by atoms with van der Waals surface area (Å²) in [5.74, 6) is -3.52. The second-order valence-electron chi connectivity index (χ2n) is 10.5. The number of amides is 3. The molecule has 5 unspecified atom stereocenters. The number of phenols is 2. The van der Waals surface area contributed by atoms with Crippen LogP contribution in [0, 0.1) is 5.92 Å². The van der Waals surface area contributed by atoms with Crippen LogP contribution in [-0.4, -0.2) is 73.1 Å². The fourth-order valence-electron chi connectivity index (χ4n) is 4.37. The number of aromatic nitrogens is 2. The van der Waals surface area contributed by atoms with E-state index in [2.05, 4.69) is 25.9 Å². The van der Waals surface area contributed by atoms with Crippen LogP contribution in [0.5, 0.6) is 11.5 Å². The molecule has 3 amide bonds. The van der Waals surface area contributed by atoms with Crippen LogP contribution >= 0.6 is 0 Å². The van der Waals surface area contributed by atoms with Gasteiger partial charge in [-0.15, -0.1) is 0 Å². The average Bonchev–Trinajstić information content (AvgIpc) is 3.49. The summed E-state index contributed by atoms with van der Waals surface area (Å²) in [6.45, 7) is 3.51. The van der Waals surface area contributed by atoms with Gasteiger partial charge in [0.15, 0.2) is 0 Å². The number of hydrogen-bond donors (Lipinski definition) is 8. The van der Waals surface area contributed by atoms with Gasteiger partial charge in [-0.25, -0.2) is 9.78 Å². The lowest BCUT2D eigenvalue weighted by Gasteiger charge is -2.26. The van der Waals surface area contributed by atoms with Gasteiger partial charge in [-0.1, -0.05) is 44.5 Å². The number of aromatic amines is 1. The minimum absolute atomic E-state index is 0.00675. The molecule has 5 atom stereocenters. The minimum atomic E-state index is -1.20. The summed E-state index contributed by atoms with van der Waals surface area (Å²) in [7, 11) is 0. The normalized spacial score (nSPS) is 14.5. The Hall–Kier alpha value is -4.91. The molecule has 3 rings (SSSR count). The summed E-state index contributed by atoms with van der Waals surface area (Å²) >= 11 is 0. The summed E-state index contributed by atoms with van der Waals surface area (Å²) in [6.07, 6.45) is 3.51. The molecule has 9 N–H and O–H groups in total. The molecule has 1 aromatic heterocycles. The predicted octanol–water partition coefficient (Wildman–Crippen LogP) is 0.761. The Morgan fingerprint density at radius 2 is 1.33 bits per heavy atom. The van der Waals surface area contributed by atoms with E-state index in [-0.39, 0.29) is 36.7 Å². The van der Waals surface area contributed by atoms with E-state index in [9.17, 15) is 34.5 Å². The van der Waals surface area contributed by atoms with Gasteiger partial charge in [-0.2, -0.15) is 0 Å². The molecule has 0 bridgehead atoms. The first-order valence-electron chi connectivity index (χ1n) is 13.9. The van der Waals surface area contributed by atoms with Crippen molar-refractivity contribution in [3.05, 3.63) is 77.9 Å². The Balaban J connectivity index is 1.82. The molecule has 0 saturated heterocycles. The van der Waals surface area contributed by atoms with Gasteiger partial charge in [0.1, 0.15) is 29.6 Å². The fourth-order valence-corrected chi connectivity index (χ4v) is 4.37.